The van der Waals surface area contributed by atoms with Crippen molar-refractivity contribution < 1.29 is 18.4 Å². The first kappa shape index (κ1) is 45.1. The second-order valence-electron chi connectivity index (χ2n) is 19.3. The van der Waals surface area contributed by atoms with E-state index in [-0.39, 0.29) is 45.7 Å². The minimum absolute atomic E-state index is 0.0245. The highest BCUT2D eigenvalue weighted by molar-refractivity contribution is 6.99. The smallest absolute Gasteiger partial charge is 0.414 e. The summed E-state index contributed by atoms with van der Waals surface area (Å²) >= 11 is 6.76. The topological polar surface area (TPSA) is 100 Å². The maximum Gasteiger partial charge on any atom is 0.414 e. The number of fused-ring (bicyclic) bond motifs is 1. The SMILES string of the molecule is C=C1[C@@H](CC(O[Si](c2ccccc2)c2ccccc2)C(C)(C)C)[C@@H](O[Si](c2ccccc2)(c2ccccc2)C(C)(C)C)C[C@@H]1n1cnc2c(Cl)nc(NC(=O)OC(C)(C)C)nc21. The molecular formula is C50H59ClN5O4Si2. The van der Waals surface area contributed by atoms with E-state index in [1.807, 2.05) is 4.57 Å². The third-order valence-corrected chi connectivity index (χ3v) is 19.2. The zero-order chi connectivity index (χ0) is 44.5. The van der Waals surface area contributed by atoms with Gasteiger partial charge in [-0.2, -0.15) is 9.97 Å². The Bertz CT molecular complexity index is 2390. The number of amides is 1. The number of nitrogens with zero attached hydrogens (tertiary/aromatic N) is 4. The Morgan fingerprint density at radius 3 is 1.82 bits per heavy atom. The number of rotatable bonds is 12. The van der Waals surface area contributed by atoms with Crippen molar-refractivity contribution in [3.63, 3.8) is 0 Å². The number of nitrogens with one attached hydrogen (secondary N) is 1. The summed E-state index contributed by atoms with van der Waals surface area (Å²) in [5, 5.41) is 7.34. The largest absolute Gasteiger partial charge is 0.444 e. The van der Waals surface area contributed by atoms with Gasteiger partial charge in [-0.15, -0.1) is 0 Å². The summed E-state index contributed by atoms with van der Waals surface area (Å²) < 4.78 is 23.1. The number of imidazole rings is 1. The Morgan fingerprint density at radius 1 is 0.823 bits per heavy atom. The Labute approximate surface area is 374 Å². The van der Waals surface area contributed by atoms with Gasteiger partial charge in [0.1, 0.15) is 11.1 Å². The van der Waals surface area contributed by atoms with Crippen molar-refractivity contribution >= 4 is 72.9 Å². The van der Waals surface area contributed by atoms with Crippen LogP contribution in [-0.4, -0.2) is 60.8 Å². The standard InChI is InChI=1S/C50H59ClN5O4Si2/c1-34-39(31-42(48(2,3)4)59-61(35-23-15-11-16-24-35)36-25-17-12-18-26-36)41(60-62(50(8,9)10,37-27-19-13-20-28-37)38-29-21-14-22-30-38)32-40(34)56-33-52-43-44(51)53-46(54-45(43)56)55-47(57)58-49(5,6)7/h11-30,33,39-42H,1,31-32H2,2-10H3,(H,53,54,55,57)/t39-,40+,41+,42?/m1/s1. The first-order chi connectivity index (χ1) is 29.4. The summed E-state index contributed by atoms with van der Waals surface area (Å²) in [6, 6.07) is 42.5. The molecule has 0 spiro atoms. The molecule has 4 aromatic carbocycles. The molecule has 1 radical (unpaired) electrons. The van der Waals surface area contributed by atoms with Crippen LogP contribution in [-0.2, 0) is 13.6 Å². The Morgan fingerprint density at radius 2 is 1.34 bits per heavy atom. The number of hydrogen-bond acceptors (Lipinski definition) is 7. The summed E-state index contributed by atoms with van der Waals surface area (Å²) in [7, 11) is -4.72. The van der Waals surface area contributed by atoms with Crippen LogP contribution in [0.1, 0.15) is 81.2 Å². The highest BCUT2D eigenvalue weighted by Crippen LogP contribution is 2.49. The lowest BCUT2D eigenvalue weighted by Gasteiger charge is -2.46. The minimum atomic E-state index is -3.05. The predicted octanol–water partition coefficient (Wildman–Crippen LogP) is 9.52. The van der Waals surface area contributed by atoms with Crippen LogP contribution in [0.3, 0.4) is 0 Å². The van der Waals surface area contributed by atoms with Gasteiger partial charge in [0, 0.05) is 5.92 Å². The molecule has 2 heterocycles. The number of hydrogen-bond donors (Lipinski definition) is 1. The average molecular weight is 886 g/mol. The van der Waals surface area contributed by atoms with Crippen LogP contribution in [0.15, 0.2) is 140 Å². The van der Waals surface area contributed by atoms with Gasteiger partial charge in [0.2, 0.25) is 5.95 Å². The lowest BCUT2D eigenvalue weighted by Crippen LogP contribution is -2.68. The third-order valence-electron chi connectivity index (χ3n) is 11.6. The Hall–Kier alpha value is -4.92. The maximum absolute atomic E-state index is 12.9. The second kappa shape index (κ2) is 18.1. The molecule has 62 heavy (non-hydrogen) atoms. The molecule has 323 valence electrons. The molecule has 0 aliphatic heterocycles. The van der Waals surface area contributed by atoms with E-state index in [4.69, 9.17) is 41.7 Å². The maximum atomic E-state index is 12.9. The average Bonchev–Trinajstić information content (AvgIpc) is 3.78. The molecule has 1 fully saturated rings. The van der Waals surface area contributed by atoms with E-state index in [9.17, 15) is 4.79 Å². The van der Waals surface area contributed by atoms with Gasteiger partial charge in [0.25, 0.3) is 17.4 Å². The number of carbonyl (C=O) groups is 1. The lowest BCUT2D eigenvalue weighted by molar-refractivity contribution is 0.0482. The molecular weight excluding hydrogens is 826 g/mol. The summed E-state index contributed by atoms with van der Waals surface area (Å²) in [6.07, 6.45) is 1.90. The quantitative estimate of drug-likeness (QED) is 0.0743. The van der Waals surface area contributed by atoms with E-state index in [1.54, 1.807) is 27.1 Å². The van der Waals surface area contributed by atoms with Crippen LogP contribution in [0, 0.1) is 11.3 Å². The van der Waals surface area contributed by atoms with Gasteiger partial charge >= 0.3 is 6.09 Å². The zero-order valence-electron chi connectivity index (χ0n) is 37.4. The van der Waals surface area contributed by atoms with Crippen molar-refractivity contribution in [1.29, 1.82) is 0 Å². The molecule has 1 amide bonds. The fraction of sp³-hybridized carbons (Fsp3) is 0.360. The normalized spacial score (nSPS) is 18.0. The van der Waals surface area contributed by atoms with Crippen LogP contribution >= 0.6 is 11.6 Å². The molecule has 0 saturated heterocycles. The fourth-order valence-electron chi connectivity index (χ4n) is 8.66. The van der Waals surface area contributed by atoms with Gasteiger partial charge in [-0.3, -0.25) is 5.32 Å². The minimum Gasteiger partial charge on any atom is -0.444 e. The molecule has 1 unspecified atom stereocenters. The van der Waals surface area contributed by atoms with Gasteiger partial charge in [0.05, 0.1) is 24.6 Å². The summed E-state index contributed by atoms with van der Waals surface area (Å²) in [6.45, 7) is 24.0. The molecule has 7 rings (SSSR count). The van der Waals surface area contributed by atoms with Gasteiger partial charge in [-0.25, -0.2) is 9.78 Å². The summed E-state index contributed by atoms with van der Waals surface area (Å²) in [4.78, 5) is 26.7. The van der Waals surface area contributed by atoms with Crippen molar-refractivity contribution in [2.24, 2.45) is 11.3 Å². The molecule has 12 heteroatoms. The molecule has 6 aromatic rings. The van der Waals surface area contributed by atoms with Crippen molar-refractivity contribution in [2.75, 3.05) is 5.32 Å². The van der Waals surface area contributed by atoms with E-state index in [1.165, 1.54) is 20.7 Å². The number of benzene rings is 4. The van der Waals surface area contributed by atoms with Crippen LogP contribution in [0.5, 0.6) is 0 Å². The summed E-state index contributed by atoms with van der Waals surface area (Å²) in [5.41, 5.74) is 0.944. The van der Waals surface area contributed by atoms with Crippen LogP contribution < -0.4 is 26.1 Å². The molecule has 1 N–H and O–H groups in total. The van der Waals surface area contributed by atoms with Crippen LogP contribution in [0.25, 0.3) is 11.2 Å². The molecule has 1 saturated carbocycles. The van der Waals surface area contributed by atoms with Crippen molar-refractivity contribution in [1.82, 2.24) is 19.5 Å². The van der Waals surface area contributed by atoms with Crippen LogP contribution in [0.2, 0.25) is 10.2 Å². The molecule has 1 aliphatic rings. The zero-order valence-corrected chi connectivity index (χ0v) is 40.1. The number of carbonyl (C=O) groups excluding carboxylic acids is 1. The van der Waals surface area contributed by atoms with Gasteiger partial charge in [-0.05, 0) is 70.4 Å². The molecule has 4 atom stereocenters. The van der Waals surface area contributed by atoms with E-state index >= 15 is 0 Å². The first-order valence-electron chi connectivity index (χ1n) is 21.4. The molecule has 0 bridgehead atoms. The number of ether oxygens (including phenoxy) is 1. The molecule has 2 aromatic heterocycles. The van der Waals surface area contributed by atoms with Crippen LogP contribution in [0.4, 0.5) is 10.7 Å². The van der Waals surface area contributed by atoms with E-state index in [0.29, 0.717) is 24.0 Å². The van der Waals surface area contributed by atoms with Crippen molar-refractivity contribution in [2.45, 2.75) is 104 Å². The Balaban J connectivity index is 1.35. The predicted molar refractivity (Wildman–Crippen MR) is 256 cm³/mol. The second-order valence-corrected chi connectivity index (χ2v) is 26.0. The fourth-order valence-corrected chi connectivity index (χ4v) is 15.9. The van der Waals surface area contributed by atoms with Crippen molar-refractivity contribution in [3.8, 4) is 0 Å². The van der Waals surface area contributed by atoms with E-state index < -0.39 is 29.1 Å². The number of anilines is 1. The van der Waals surface area contributed by atoms with E-state index in [2.05, 4.69) is 173 Å². The highest BCUT2D eigenvalue weighted by atomic mass is 35.5. The van der Waals surface area contributed by atoms with Crippen molar-refractivity contribution in [3.05, 3.63) is 145 Å². The third kappa shape index (κ3) is 9.67. The molecule has 9 nitrogen and oxygen atoms in total. The number of aromatic nitrogens is 4. The van der Waals surface area contributed by atoms with Gasteiger partial charge in [0.15, 0.2) is 10.8 Å². The van der Waals surface area contributed by atoms with E-state index in [0.717, 1.165) is 5.57 Å². The Kier molecular flexibility index (Phi) is 13.1. The lowest BCUT2D eigenvalue weighted by atomic mass is 9.81. The number of halogens is 1. The van der Waals surface area contributed by atoms with Gasteiger partial charge in [-0.1, -0.05) is 181 Å². The first-order valence-corrected chi connectivity index (χ1v) is 25.1. The molecule has 1 aliphatic carbocycles. The van der Waals surface area contributed by atoms with Gasteiger partial charge < -0.3 is 18.2 Å². The monoisotopic (exact) mass is 884 g/mol. The highest BCUT2D eigenvalue weighted by Gasteiger charge is 2.55. The summed E-state index contributed by atoms with van der Waals surface area (Å²) in [5.74, 6) is -0.105.